The van der Waals surface area contributed by atoms with Gasteiger partial charge in [0.05, 0.1) is 6.42 Å². The van der Waals surface area contributed by atoms with Gasteiger partial charge in [-0.05, 0) is 12.8 Å². The Morgan fingerprint density at radius 1 is 1.15 bits per heavy atom. The number of carbonyl (C=O) groups excluding carboxylic acids is 1. The van der Waals surface area contributed by atoms with E-state index in [-0.39, 0.29) is 6.42 Å². The van der Waals surface area contributed by atoms with E-state index in [1.165, 1.54) is 0 Å². The zero-order valence-corrected chi connectivity index (χ0v) is 11.4. The molecule has 0 aliphatic rings. The van der Waals surface area contributed by atoms with E-state index in [1.807, 2.05) is 0 Å². The van der Waals surface area contributed by atoms with Gasteiger partial charge in [0.25, 0.3) is 5.91 Å². The fourth-order valence-electron chi connectivity index (χ4n) is 1.17. The molecule has 0 bridgehead atoms. The van der Waals surface area contributed by atoms with Crippen molar-refractivity contribution in [3.63, 3.8) is 0 Å². The lowest BCUT2D eigenvalue weighted by molar-refractivity contribution is -0.130. The molecular weight excluding hydrogens is 302 g/mol. The Balaban J connectivity index is 0. The molecule has 1 atom stereocenters. The van der Waals surface area contributed by atoms with Crippen molar-refractivity contribution >= 4 is 17.7 Å². The minimum atomic E-state index is -4.37. The zero-order valence-electron chi connectivity index (χ0n) is 10.5. The normalized spacial score (nSPS) is 13.6. The lowest BCUT2D eigenvalue weighted by Gasteiger charge is -2.21. The number of halogens is 4. The third-order valence-electron chi connectivity index (χ3n) is 2.15. The van der Waals surface area contributed by atoms with Gasteiger partial charge in [-0.15, -0.1) is 24.1 Å². The van der Waals surface area contributed by atoms with Crippen LogP contribution >= 0.6 is 11.8 Å². The molecule has 0 aliphatic carbocycles. The van der Waals surface area contributed by atoms with Crippen LogP contribution in [0.2, 0.25) is 0 Å². The predicted molar refractivity (Wildman–Crippen MR) is 70.2 cm³/mol. The van der Waals surface area contributed by atoms with Crippen molar-refractivity contribution in [2.75, 3.05) is 5.75 Å². The van der Waals surface area contributed by atoms with E-state index in [2.05, 4.69) is 5.92 Å². The molecule has 1 unspecified atom stereocenters. The molecule has 116 valence electrons. The quantitative estimate of drug-likeness (QED) is 0.424. The second-order valence-corrected chi connectivity index (χ2v) is 5.06. The highest BCUT2D eigenvalue weighted by atomic mass is 32.2. The van der Waals surface area contributed by atoms with E-state index < -0.39 is 29.3 Å². The fourth-order valence-corrected chi connectivity index (χ4v) is 2.26. The number of carbonyl (C=O) groups is 1. The number of unbranched alkanes of at least 4 members (excludes halogenated alkanes) is 2. The number of terminal acetylenes is 1. The molecule has 4 nitrogen and oxygen atoms in total. The highest BCUT2D eigenvalue weighted by molar-refractivity contribution is 8.01. The number of rotatable bonds is 8. The van der Waals surface area contributed by atoms with Crippen LogP contribution in [0.25, 0.3) is 0 Å². The monoisotopic (exact) mass is 317 g/mol. The zero-order chi connectivity index (χ0) is 16.2. The number of alkyl halides is 4. The van der Waals surface area contributed by atoms with E-state index >= 15 is 0 Å². The number of hydrogen-bond donors (Lipinski definition) is 1. The summed E-state index contributed by atoms with van der Waals surface area (Å²) >= 11 is 0.304. The summed E-state index contributed by atoms with van der Waals surface area (Å²) in [5, 5.41) is -2.44. The van der Waals surface area contributed by atoms with Crippen LogP contribution in [0.5, 0.6) is 0 Å². The van der Waals surface area contributed by atoms with Crippen LogP contribution in [0.15, 0.2) is 0 Å². The number of hydrogen-bond acceptors (Lipinski definition) is 4. The van der Waals surface area contributed by atoms with Gasteiger partial charge < -0.3 is 5.73 Å². The lowest BCUT2D eigenvalue weighted by atomic mass is 10.1. The summed E-state index contributed by atoms with van der Waals surface area (Å²) < 4.78 is 49.7. The van der Waals surface area contributed by atoms with Crippen molar-refractivity contribution in [3.05, 3.63) is 9.93 Å². The topological polar surface area (TPSA) is 77.2 Å². The SMILES string of the molecule is C#CCCCCC(F)(SCCC(F)(F)F)C(N)=O.O=O. The average Bonchev–Trinajstić information content (AvgIpc) is 2.35. The van der Waals surface area contributed by atoms with Gasteiger partial charge in [-0.2, -0.15) is 13.2 Å². The van der Waals surface area contributed by atoms with Crippen LogP contribution in [-0.4, -0.2) is 22.8 Å². The largest absolute Gasteiger partial charge is 0.389 e. The minimum absolute atomic E-state index is 0.216. The molecule has 0 saturated heterocycles. The molecule has 1 amide bonds. The smallest absolute Gasteiger partial charge is 0.366 e. The van der Waals surface area contributed by atoms with Crippen LogP contribution in [0, 0.1) is 22.3 Å². The van der Waals surface area contributed by atoms with Gasteiger partial charge >= 0.3 is 6.18 Å². The van der Waals surface area contributed by atoms with Gasteiger partial charge in [-0.25, -0.2) is 4.39 Å². The molecule has 0 aromatic heterocycles. The van der Waals surface area contributed by atoms with Gasteiger partial charge in [0, 0.05) is 28.5 Å². The number of amides is 1. The van der Waals surface area contributed by atoms with Crippen molar-refractivity contribution in [1.29, 1.82) is 0 Å². The molecule has 0 radical (unpaired) electrons. The molecule has 9 heteroatoms. The van der Waals surface area contributed by atoms with Crippen LogP contribution in [0.3, 0.4) is 0 Å². The van der Waals surface area contributed by atoms with Crippen molar-refractivity contribution < 1.29 is 22.4 Å². The van der Waals surface area contributed by atoms with Gasteiger partial charge in [-0.1, -0.05) is 0 Å². The Morgan fingerprint density at radius 2 is 1.70 bits per heavy atom. The molecule has 0 rings (SSSR count). The number of thioether (sulfide) groups is 1. The summed E-state index contributed by atoms with van der Waals surface area (Å²) in [4.78, 5) is 24.9. The van der Waals surface area contributed by atoms with Crippen molar-refractivity contribution in [2.24, 2.45) is 5.73 Å². The Bertz CT molecular complexity index is 333. The first-order valence-corrected chi connectivity index (χ1v) is 6.49. The summed E-state index contributed by atoms with van der Waals surface area (Å²) in [5.74, 6) is 0.582. The first kappa shape index (κ1) is 21.0. The molecule has 0 aliphatic heterocycles. The molecule has 2 N–H and O–H groups in total. The molecule has 20 heavy (non-hydrogen) atoms. The van der Waals surface area contributed by atoms with Crippen molar-refractivity contribution in [3.8, 4) is 12.3 Å². The lowest BCUT2D eigenvalue weighted by Crippen LogP contribution is -2.37. The maximum atomic E-state index is 14.0. The van der Waals surface area contributed by atoms with Crippen LogP contribution in [0.4, 0.5) is 17.6 Å². The van der Waals surface area contributed by atoms with E-state index in [0.717, 1.165) is 0 Å². The summed E-state index contributed by atoms with van der Waals surface area (Å²) in [6.07, 6.45) is 0.517. The molecule has 0 aromatic carbocycles. The fraction of sp³-hybridized carbons (Fsp3) is 0.727. The van der Waals surface area contributed by atoms with E-state index in [0.29, 0.717) is 31.0 Å². The molecule has 0 fully saturated rings. The Kier molecular flexibility index (Phi) is 11.0. The van der Waals surface area contributed by atoms with Gasteiger partial charge in [0.1, 0.15) is 0 Å². The second-order valence-electron chi connectivity index (χ2n) is 3.72. The Morgan fingerprint density at radius 3 is 2.10 bits per heavy atom. The number of primary amides is 1. The van der Waals surface area contributed by atoms with Gasteiger partial charge in [0.15, 0.2) is 0 Å². The summed E-state index contributed by atoms with van der Waals surface area (Å²) in [6, 6.07) is 0. The van der Waals surface area contributed by atoms with Crippen molar-refractivity contribution in [1.82, 2.24) is 0 Å². The summed E-state index contributed by atoms with van der Waals surface area (Å²) in [7, 11) is 0. The van der Waals surface area contributed by atoms with Crippen LogP contribution < -0.4 is 5.73 Å². The molecular formula is C11H15F4NO3S. The summed E-state index contributed by atoms with van der Waals surface area (Å²) in [6.45, 7) is 0. The van der Waals surface area contributed by atoms with Gasteiger partial charge in [0.2, 0.25) is 5.00 Å². The van der Waals surface area contributed by atoms with E-state index in [1.54, 1.807) is 0 Å². The maximum absolute atomic E-state index is 14.0. The third kappa shape index (κ3) is 10.6. The third-order valence-corrected chi connectivity index (χ3v) is 3.42. The van der Waals surface area contributed by atoms with Crippen molar-refractivity contribution in [2.45, 2.75) is 43.3 Å². The first-order valence-electron chi connectivity index (χ1n) is 5.51. The number of nitrogens with two attached hydrogens (primary N) is 1. The second kappa shape index (κ2) is 10.5. The van der Waals surface area contributed by atoms with Gasteiger partial charge in [-0.3, -0.25) is 4.79 Å². The molecule has 0 spiro atoms. The average molecular weight is 317 g/mol. The highest BCUT2D eigenvalue weighted by Gasteiger charge is 2.38. The molecule has 0 heterocycles. The molecule has 0 aromatic rings. The standard InChI is InChI=1S/C11H15F4NOS.O2/c1-2-3-4-5-6-10(12,9(16)17)18-8-7-11(13,14)15;1-2/h1H,3-8H2,(H2,16,17);. The van der Waals surface area contributed by atoms with Crippen LogP contribution in [-0.2, 0) is 4.79 Å². The maximum Gasteiger partial charge on any atom is 0.389 e. The predicted octanol–water partition coefficient (Wildman–Crippen LogP) is 3.08. The first-order chi connectivity index (χ1) is 9.21. The highest BCUT2D eigenvalue weighted by Crippen LogP contribution is 2.35. The van der Waals surface area contributed by atoms with Crippen LogP contribution in [0.1, 0.15) is 32.1 Å². The van der Waals surface area contributed by atoms with E-state index in [4.69, 9.17) is 22.1 Å². The summed E-state index contributed by atoms with van der Waals surface area (Å²) in [5.41, 5.74) is 4.88. The Hall–Kier alpha value is -1.30. The Labute approximate surface area is 118 Å². The van der Waals surface area contributed by atoms with E-state index in [9.17, 15) is 22.4 Å². The minimum Gasteiger partial charge on any atom is -0.366 e. The molecule has 0 saturated carbocycles.